The first kappa shape index (κ1) is 33.3. The Kier molecular flexibility index (Phi) is 9.05. The normalized spacial score (nSPS) is 13.0. The van der Waals surface area contributed by atoms with Crippen LogP contribution in [0.4, 0.5) is 0 Å². The molecule has 1 aliphatic heterocycles. The summed E-state index contributed by atoms with van der Waals surface area (Å²) in [6.45, 7) is 11.2. The molecule has 0 saturated heterocycles. The van der Waals surface area contributed by atoms with Gasteiger partial charge in [-0.15, -0.1) is 35.9 Å². The third-order valence-corrected chi connectivity index (χ3v) is 18.9. The summed E-state index contributed by atoms with van der Waals surface area (Å²) in [7, 11) is -1.23. The van der Waals surface area contributed by atoms with Crippen molar-refractivity contribution in [1.29, 1.82) is 0 Å². The molecule has 0 unspecified atom stereocenters. The smallest absolute Gasteiger partial charge is 0 e. The number of fused-ring (bicyclic) bond motifs is 7. The largest absolute Gasteiger partial charge is 0 e. The first-order valence-corrected chi connectivity index (χ1v) is 25.7. The van der Waals surface area contributed by atoms with E-state index in [1.165, 1.54) is 37.2 Å². The van der Waals surface area contributed by atoms with Gasteiger partial charge in [-0.25, -0.2) is 0 Å². The molecule has 0 amide bonds. The minimum atomic E-state index is -2.31. The Morgan fingerprint density at radius 3 is 2.13 bits per heavy atom. The van der Waals surface area contributed by atoms with Gasteiger partial charge in [0, 0.05) is 26.3 Å². The topological polar surface area (TPSA) is 38.9 Å². The van der Waals surface area contributed by atoms with Crippen LogP contribution in [0.3, 0.4) is 0 Å². The molecule has 4 heterocycles. The second-order valence-electron chi connectivity index (χ2n) is 13.8. The predicted molar refractivity (Wildman–Crippen MR) is 199 cm³/mol. The van der Waals surface area contributed by atoms with Gasteiger partial charge >= 0.3 is 179 Å². The van der Waals surface area contributed by atoms with E-state index in [1.54, 1.807) is 4.40 Å². The zero-order valence-electron chi connectivity index (χ0n) is 28.0. The monoisotopic (exact) mass is 869 g/mol. The van der Waals surface area contributed by atoms with Crippen molar-refractivity contribution in [2.24, 2.45) is 0 Å². The minimum absolute atomic E-state index is 0. The summed E-state index contributed by atoms with van der Waals surface area (Å²) >= 11 is -2.31. The van der Waals surface area contributed by atoms with Gasteiger partial charge in [-0.1, -0.05) is 31.8 Å². The van der Waals surface area contributed by atoms with E-state index in [-0.39, 0.29) is 20.1 Å². The summed E-state index contributed by atoms with van der Waals surface area (Å²) in [6.07, 6.45) is 3.95. The van der Waals surface area contributed by atoms with Crippen molar-refractivity contribution < 1.29 is 24.5 Å². The number of furan rings is 1. The number of pyridine rings is 2. The molecule has 3 nitrogen and oxygen atoms in total. The molecule has 47 heavy (non-hydrogen) atoms. The average Bonchev–Trinajstić information content (AvgIpc) is 3.55. The van der Waals surface area contributed by atoms with Gasteiger partial charge in [0.05, 0.1) is 8.07 Å². The van der Waals surface area contributed by atoms with E-state index in [0.29, 0.717) is 0 Å². The Balaban J connectivity index is 0.000000194. The molecule has 237 valence electrons. The van der Waals surface area contributed by atoms with Crippen LogP contribution in [0.1, 0.15) is 11.1 Å². The van der Waals surface area contributed by atoms with Crippen LogP contribution >= 0.6 is 0 Å². The van der Waals surface area contributed by atoms with E-state index in [4.69, 9.17) is 4.42 Å². The van der Waals surface area contributed by atoms with Gasteiger partial charge in [0.1, 0.15) is 0 Å². The van der Waals surface area contributed by atoms with Crippen molar-refractivity contribution in [3.05, 3.63) is 127 Å². The molecule has 0 N–H and O–H groups in total. The van der Waals surface area contributed by atoms with E-state index in [1.807, 2.05) is 42.7 Å². The van der Waals surface area contributed by atoms with Crippen LogP contribution in [-0.2, 0) is 20.1 Å². The SMILES string of the molecule is C[Si](C)(C)c1ccc(-c2[c-]cccc2)nc1.Cc1cnc(-c2[c-]ccc3c2oc2c4[c](ccc23)[Ge]([CH3])([CH3])[c]2ccccc2-4)cc1C.[Ir]. The van der Waals surface area contributed by atoms with Crippen LogP contribution in [0.25, 0.3) is 55.6 Å². The molecule has 1 aliphatic rings. The van der Waals surface area contributed by atoms with Gasteiger partial charge in [-0.3, -0.25) is 0 Å². The fourth-order valence-electron chi connectivity index (χ4n) is 6.49. The molecular formula is C41H38GeIrN2OSi-2. The Labute approximate surface area is 295 Å². The third-order valence-electron chi connectivity index (χ3n) is 9.39. The number of hydrogen-bond acceptors (Lipinski definition) is 3. The fraction of sp³-hybridized carbons (Fsp3) is 0.171. The van der Waals surface area contributed by atoms with Gasteiger partial charge in [0.25, 0.3) is 0 Å². The maximum Gasteiger partial charge on any atom is 0 e. The zero-order chi connectivity index (χ0) is 32.2. The average molecular weight is 868 g/mol. The zero-order valence-corrected chi connectivity index (χ0v) is 33.4. The molecule has 8 rings (SSSR count). The van der Waals surface area contributed by atoms with Crippen molar-refractivity contribution in [2.45, 2.75) is 45.0 Å². The Morgan fingerprint density at radius 2 is 1.43 bits per heavy atom. The number of aromatic nitrogens is 2. The third kappa shape index (κ3) is 6.00. The molecule has 0 atom stereocenters. The molecule has 3 aromatic heterocycles. The Bertz CT molecular complexity index is 2240. The van der Waals surface area contributed by atoms with Crippen molar-refractivity contribution in [3.63, 3.8) is 0 Å². The van der Waals surface area contributed by atoms with Crippen LogP contribution in [-0.4, -0.2) is 31.3 Å². The maximum atomic E-state index is 6.66. The maximum absolute atomic E-state index is 6.66. The summed E-state index contributed by atoms with van der Waals surface area (Å²) in [5.74, 6) is 4.97. The number of nitrogens with zero attached hydrogens (tertiary/aromatic N) is 2. The molecule has 0 spiro atoms. The summed E-state index contributed by atoms with van der Waals surface area (Å²) < 4.78 is 9.72. The number of rotatable bonds is 3. The molecular weight excluding hydrogens is 829 g/mol. The number of benzene rings is 4. The van der Waals surface area contributed by atoms with E-state index in [9.17, 15) is 0 Å². The van der Waals surface area contributed by atoms with Crippen LogP contribution in [0.15, 0.2) is 108 Å². The summed E-state index contributed by atoms with van der Waals surface area (Å²) in [5, 5.41) is 3.71. The second kappa shape index (κ2) is 12.8. The molecule has 1 radical (unpaired) electrons. The van der Waals surface area contributed by atoms with Gasteiger partial charge in [0.2, 0.25) is 0 Å². The van der Waals surface area contributed by atoms with Gasteiger partial charge < -0.3 is 4.98 Å². The molecule has 7 aromatic rings. The van der Waals surface area contributed by atoms with Crippen LogP contribution < -0.4 is 14.0 Å². The van der Waals surface area contributed by atoms with Crippen LogP contribution in [0.2, 0.25) is 31.2 Å². The standard InChI is InChI=1S/C27H22GeNO.C14H16NSi.Ir/c1-16-14-24(29-15-17(16)2)21-10-7-9-18-19-12-13-23-25(27(19)30-26(18)21)20-8-5-6-11-22(20)28(23,3)4;1-16(2,3)13-9-10-14(15-11-13)12-7-5-4-6-8-12;/h5-9,11-15H,1-4H3;4-7,9-11H,1-3H3;/q2*-1;. The van der Waals surface area contributed by atoms with E-state index in [0.717, 1.165) is 39.1 Å². The van der Waals surface area contributed by atoms with Crippen LogP contribution in [0, 0.1) is 26.0 Å². The summed E-state index contributed by atoms with van der Waals surface area (Å²) in [6, 6.07) is 38.6. The van der Waals surface area contributed by atoms with Crippen molar-refractivity contribution >= 4 is 57.3 Å². The second-order valence-corrected chi connectivity index (χ2v) is 28.0. The number of hydrogen-bond donors (Lipinski definition) is 0. The summed E-state index contributed by atoms with van der Waals surface area (Å²) in [4.78, 5) is 9.20. The van der Waals surface area contributed by atoms with E-state index >= 15 is 0 Å². The molecule has 4 aromatic carbocycles. The van der Waals surface area contributed by atoms with Crippen LogP contribution in [0.5, 0.6) is 0 Å². The van der Waals surface area contributed by atoms with E-state index < -0.39 is 21.3 Å². The quantitative estimate of drug-likeness (QED) is 0.132. The molecule has 0 fully saturated rings. The number of aryl methyl sites for hydroxylation is 2. The van der Waals surface area contributed by atoms with Gasteiger partial charge in [-0.2, -0.15) is 0 Å². The van der Waals surface area contributed by atoms with Crippen molar-refractivity contribution in [3.8, 4) is 33.6 Å². The fourth-order valence-corrected chi connectivity index (χ4v) is 13.9. The first-order chi connectivity index (χ1) is 22.0. The molecule has 6 heteroatoms. The summed E-state index contributed by atoms with van der Waals surface area (Å²) in [5.41, 5.74) is 10.9. The molecule has 0 bridgehead atoms. The van der Waals surface area contributed by atoms with Crippen molar-refractivity contribution in [2.75, 3.05) is 0 Å². The Hall–Kier alpha value is -3.61. The molecule has 0 saturated carbocycles. The predicted octanol–water partition coefficient (Wildman–Crippen LogP) is 8.96. The van der Waals surface area contributed by atoms with Crippen molar-refractivity contribution in [1.82, 2.24) is 9.97 Å². The van der Waals surface area contributed by atoms with Gasteiger partial charge in [0.15, 0.2) is 0 Å². The van der Waals surface area contributed by atoms with E-state index in [2.05, 4.69) is 128 Å². The first-order valence-electron chi connectivity index (χ1n) is 15.9. The minimum Gasteiger partial charge on any atom is 0 e. The van der Waals surface area contributed by atoms with Gasteiger partial charge in [-0.05, 0) is 10.9 Å². The Morgan fingerprint density at radius 1 is 0.681 bits per heavy atom. The molecule has 0 aliphatic carbocycles.